The summed E-state index contributed by atoms with van der Waals surface area (Å²) >= 11 is 0. The van der Waals surface area contributed by atoms with Gasteiger partial charge in [-0.1, -0.05) is 0 Å². The number of hydrogen-bond donors (Lipinski definition) is 0. The molecule has 3 rings (SSSR count). The van der Waals surface area contributed by atoms with E-state index >= 15 is 0 Å². The van der Waals surface area contributed by atoms with Gasteiger partial charge in [0.15, 0.2) is 6.61 Å². The van der Waals surface area contributed by atoms with Crippen molar-refractivity contribution in [3.8, 4) is 11.8 Å². The lowest BCUT2D eigenvalue weighted by molar-refractivity contribution is -0.135. The van der Waals surface area contributed by atoms with Crippen molar-refractivity contribution >= 4 is 16.9 Å². The quantitative estimate of drug-likeness (QED) is 0.611. The predicted molar refractivity (Wildman–Crippen MR) is 86.6 cm³/mol. The summed E-state index contributed by atoms with van der Waals surface area (Å²) in [7, 11) is 0. The summed E-state index contributed by atoms with van der Waals surface area (Å²) in [6.45, 7) is 2.90. The van der Waals surface area contributed by atoms with E-state index in [4.69, 9.17) is 14.4 Å². The van der Waals surface area contributed by atoms with Gasteiger partial charge in [0.1, 0.15) is 11.3 Å². The van der Waals surface area contributed by atoms with Gasteiger partial charge < -0.3 is 14.1 Å². The van der Waals surface area contributed by atoms with Crippen molar-refractivity contribution in [3.05, 3.63) is 40.8 Å². The molecule has 24 heavy (non-hydrogen) atoms. The van der Waals surface area contributed by atoms with Gasteiger partial charge in [-0.15, -0.1) is 0 Å². The van der Waals surface area contributed by atoms with Gasteiger partial charge in [-0.2, -0.15) is 5.26 Å². The molecule has 2 heterocycles. The molecule has 0 spiro atoms. The lowest BCUT2D eigenvalue weighted by Gasteiger charge is -2.33. The van der Waals surface area contributed by atoms with Crippen LogP contribution < -0.4 is 10.4 Å². The molecule has 1 amide bonds. The van der Waals surface area contributed by atoms with Gasteiger partial charge in [0, 0.05) is 43.7 Å². The zero-order valence-electron chi connectivity index (χ0n) is 13.1. The van der Waals surface area contributed by atoms with Crippen molar-refractivity contribution in [2.24, 2.45) is 0 Å². The van der Waals surface area contributed by atoms with Crippen LogP contribution in [0.4, 0.5) is 0 Å². The second kappa shape index (κ2) is 7.15. The molecule has 0 radical (unpaired) electrons. The van der Waals surface area contributed by atoms with Crippen LogP contribution in [0.3, 0.4) is 0 Å². The Balaban J connectivity index is 1.57. The molecule has 1 aliphatic heterocycles. The van der Waals surface area contributed by atoms with Crippen LogP contribution in [0.5, 0.6) is 5.75 Å². The first kappa shape index (κ1) is 16.0. The van der Waals surface area contributed by atoms with Crippen LogP contribution in [0, 0.1) is 11.3 Å². The van der Waals surface area contributed by atoms with Crippen molar-refractivity contribution in [3.63, 3.8) is 0 Å². The number of hydrogen-bond acceptors (Lipinski definition) is 6. The van der Waals surface area contributed by atoms with Gasteiger partial charge in [0.05, 0.1) is 12.6 Å². The van der Waals surface area contributed by atoms with Crippen LogP contribution in [-0.4, -0.2) is 55.0 Å². The maximum absolute atomic E-state index is 12.2. The third kappa shape index (κ3) is 3.73. The van der Waals surface area contributed by atoms with Crippen LogP contribution in [0.15, 0.2) is 39.5 Å². The molecule has 124 valence electrons. The topological polar surface area (TPSA) is 86.8 Å². The highest BCUT2D eigenvalue weighted by Gasteiger charge is 2.21. The van der Waals surface area contributed by atoms with Crippen LogP contribution >= 0.6 is 0 Å². The van der Waals surface area contributed by atoms with E-state index in [1.165, 1.54) is 6.07 Å². The first-order valence-corrected chi connectivity index (χ1v) is 7.69. The smallest absolute Gasteiger partial charge is 0.336 e. The number of piperazine rings is 1. The van der Waals surface area contributed by atoms with E-state index in [-0.39, 0.29) is 12.5 Å². The number of nitrogens with zero attached hydrogens (tertiary/aromatic N) is 3. The highest BCUT2D eigenvalue weighted by molar-refractivity contribution is 5.79. The van der Waals surface area contributed by atoms with E-state index < -0.39 is 5.63 Å². The Morgan fingerprint density at radius 3 is 2.71 bits per heavy atom. The maximum Gasteiger partial charge on any atom is 0.336 e. The zero-order valence-corrected chi connectivity index (χ0v) is 13.1. The van der Waals surface area contributed by atoms with Crippen molar-refractivity contribution in [1.82, 2.24) is 9.80 Å². The molecule has 0 bridgehead atoms. The molecule has 0 unspecified atom stereocenters. The molecule has 2 aromatic rings. The number of fused-ring (bicyclic) bond motifs is 1. The van der Waals surface area contributed by atoms with E-state index in [2.05, 4.69) is 6.07 Å². The second-order valence-electron chi connectivity index (χ2n) is 5.56. The number of carbonyl (C=O) groups excluding carboxylic acids is 1. The molecule has 1 saturated heterocycles. The molecule has 1 aromatic carbocycles. The fourth-order valence-corrected chi connectivity index (χ4v) is 2.62. The fraction of sp³-hybridized carbons (Fsp3) is 0.353. The van der Waals surface area contributed by atoms with Gasteiger partial charge in [0.2, 0.25) is 0 Å². The highest BCUT2D eigenvalue weighted by atomic mass is 16.5. The molecule has 1 aromatic heterocycles. The summed E-state index contributed by atoms with van der Waals surface area (Å²) in [5.41, 5.74) is 0.00327. The molecule has 1 fully saturated rings. The molecule has 0 atom stereocenters. The Bertz CT molecular complexity index is 832. The van der Waals surface area contributed by atoms with Gasteiger partial charge in [-0.25, -0.2) is 4.79 Å². The predicted octanol–water partition coefficient (Wildman–Crippen LogP) is 0.840. The van der Waals surface area contributed by atoms with Crippen LogP contribution in [0.25, 0.3) is 11.0 Å². The Kier molecular flexibility index (Phi) is 4.77. The van der Waals surface area contributed by atoms with E-state index in [0.29, 0.717) is 44.1 Å². The summed E-state index contributed by atoms with van der Waals surface area (Å²) in [5, 5.41) is 9.47. The third-order valence-electron chi connectivity index (χ3n) is 3.98. The molecule has 0 N–H and O–H groups in total. The molecular weight excluding hydrogens is 310 g/mol. The summed E-state index contributed by atoms with van der Waals surface area (Å²) < 4.78 is 10.6. The van der Waals surface area contributed by atoms with Gasteiger partial charge in [0.25, 0.3) is 5.91 Å². The van der Waals surface area contributed by atoms with Crippen LogP contribution in [-0.2, 0) is 4.79 Å². The lowest BCUT2D eigenvalue weighted by atomic mass is 10.2. The van der Waals surface area contributed by atoms with E-state index in [0.717, 1.165) is 5.39 Å². The molecule has 1 aliphatic rings. The standard InChI is InChI=1S/C17H17N3O4/c18-5-6-19-7-9-20(10-8-19)16(21)12-23-14-3-1-13-2-4-17(22)24-15(13)11-14/h1-4,11H,6-10,12H2. The molecule has 0 saturated carbocycles. The molecule has 7 heteroatoms. The Labute approximate surface area is 138 Å². The molecule has 7 nitrogen and oxygen atoms in total. The molecular formula is C17H17N3O4. The minimum Gasteiger partial charge on any atom is -0.484 e. The van der Waals surface area contributed by atoms with E-state index in [1.54, 1.807) is 29.2 Å². The lowest BCUT2D eigenvalue weighted by Crippen LogP contribution is -2.49. The average molecular weight is 327 g/mol. The van der Waals surface area contributed by atoms with E-state index in [9.17, 15) is 9.59 Å². The first-order chi connectivity index (χ1) is 11.7. The fourth-order valence-electron chi connectivity index (χ4n) is 2.62. The monoisotopic (exact) mass is 327 g/mol. The van der Waals surface area contributed by atoms with Crippen molar-refractivity contribution in [2.75, 3.05) is 39.3 Å². The van der Waals surface area contributed by atoms with Crippen LogP contribution in [0.1, 0.15) is 0 Å². The summed E-state index contributed by atoms with van der Waals surface area (Å²) in [6.07, 6.45) is 0. The Morgan fingerprint density at radius 2 is 1.96 bits per heavy atom. The van der Waals surface area contributed by atoms with Gasteiger partial charge >= 0.3 is 5.63 Å². The first-order valence-electron chi connectivity index (χ1n) is 7.69. The number of carbonyl (C=O) groups is 1. The Morgan fingerprint density at radius 1 is 1.21 bits per heavy atom. The SMILES string of the molecule is N#CCN1CCN(C(=O)COc2ccc3ccc(=O)oc3c2)CC1. The third-order valence-corrected chi connectivity index (χ3v) is 3.98. The number of benzene rings is 1. The maximum atomic E-state index is 12.2. The highest BCUT2D eigenvalue weighted by Crippen LogP contribution is 2.19. The number of nitriles is 1. The van der Waals surface area contributed by atoms with E-state index in [1.807, 2.05) is 4.90 Å². The second-order valence-corrected chi connectivity index (χ2v) is 5.56. The normalized spacial score (nSPS) is 15.2. The Hall–Kier alpha value is -2.85. The zero-order chi connectivity index (χ0) is 16.9. The number of ether oxygens (including phenoxy) is 1. The van der Waals surface area contributed by atoms with Crippen LogP contribution in [0.2, 0.25) is 0 Å². The van der Waals surface area contributed by atoms with Gasteiger partial charge in [-0.05, 0) is 18.2 Å². The average Bonchev–Trinajstić information content (AvgIpc) is 2.60. The number of rotatable bonds is 4. The van der Waals surface area contributed by atoms with Gasteiger partial charge in [-0.3, -0.25) is 9.69 Å². The molecule has 0 aliphatic carbocycles. The summed E-state index contributed by atoms with van der Waals surface area (Å²) in [6, 6.07) is 10.3. The summed E-state index contributed by atoms with van der Waals surface area (Å²) in [4.78, 5) is 27.2. The largest absolute Gasteiger partial charge is 0.484 e. The van der Waals surface area contributed by atoms with Crippen molar-refractivity contribution < 1.29 is 13.9 Å². The number of amides is 1. The van der Waals surface area contributed by atoms with Crippen molar-refractivity contribution in [1.29, 1.82) is 5.26 Å². The summed E-state index contributed by atoms with van der Waals surface area (Å²) in [5.74, 6) is 0.384. The minimum atomic E-state index is -0.425. The minimum absolute atomic E-state index is 0.0686. The van der Waals surface area contributed by atoms with Crippen molar-refractivity contribution in [2.45, 2.75) is 0 Å².